The summed E-state index contributed by atoms with van der Waals surface area (Å²) in [5.41, 5.74) is 0. The van der Waals surface area contributed by atoms with Gasteiger partial charge in [0.1, 0.15) is 19.3 Å². The molecule has 0 bridgehead atoms. The number of esters is 4. The van der Waals surface area contributed by atoms with Crippen LogP contribution in [0.3, 0.4) is 0 Å². The average molecular weight is 1410 g/mol. The smallest absolute Gasteiger partial charge is 0.462 e. The Balaban J connectivity index is 5.19. The first-order valence-corrected chi connectivity index (χ1v) is 43.0. The average Bonchev–Trinajstić information content (AvgIpc) is 1.59. The molecule has 0 aliphatic heterocycles. The molecule has 2 unspecified atom stereocenters. The summed E-state index contributed by atoms with van der Waals surface area (Å²) in [5.74, 6) is -0.567. The molecular formula is C77H150O17P2. The second kappa shape index (κ2) is 68.8. The maximum absolute atomic E-state index is 13.1. The van der Waals surface area contributed by atoms with Gasteiger partial charge in [-0.05, 0) is 37.5 Å². The van der Waals surface area contributed by atoms with Crippen LogP contribution in [0.25, 0.3) is 0 Å². The van der Waals surface area contributed by atoms with Gasteiger partial charge in [0.25, 0.3) is 0 Å². The number of carbonyl (C=O) groups excluding carboxylic acids is 4. The van der Waals surface area contributed by atoms with Gasteiger partial charge in [-0.3, -0.25) is 37.3 Å². The van der Waals surface area contributed by atoms with Crippen LogP contribution in [0.5, 0.6) is 0 Å². The molecule has 0 rings (SSSR count). The molecule has 0 spiro atoms. The quantitative estimate of drug-likeness (QED) is 0.0222. The molecule has 96 heavy (non-hydrogen) atoms. The van der Waals surface area contributed by atoms with E-state index in [1.807, 2.05) is 0 Å². The van der Waals surface area contributed by atoms with Crippen molar-refractivity contribution in [1.82, 2.24) is 0 Å². The van der Waals surface area contributed by atoms with Crippen LogP contribution < -0.4 is 0 Å². The van der Waals surface area contributed by atoms with Crippen LogP contribution in [0.1, 0.15) is 401 Å². The monoisotopic (exact) mass is 1410 g/mol. The van der Waals surface area contributed by atoms with Gasteiger partial charge in [-0.2, -0.15) is 0 Å². The second-order valence-corrected chi connectivity index (χ2v) is 31.6. The van der Waals surface area contributed by atoms with Gasteiger partial charge in [-0.1, -0.05) is 350 Å². The summed E-state index contributed by atoms with van der Waals surface area (Å²) >= 11 is 0. The van der Waals surface area contributed by atoms with E-state index in [0.29, 0.717) is 25.7 Å². The van der Waals surface area contributed by atoms with Gasteiger partial charge in [-0.25, -0.2) is 9.13 Å². The fourth-order valence-corrected chi connectivity index (χ4v) is 13.4. The minimum absolute atomic E-state index is 0.106. The molecule has 19 heteroatoms. The number of aliphatic hydroxyl groups excluding tert-OH is 1. The normalized spacial score (nSPS) is 14.0. The zero-order chi connectivity index (χ0) is 70.7. The molecule has 0 heterocycles. The molecule has 0 aliphatic rings. The van der Waals surface area contributed by atoms with E-state index in [1.54, 1.807) is 0 Å². The third kappa shape index (κ3) is 70.5. The molecule has 0 aromatic rings. The Hall–Kier alpha value is -1.94. The van der Waals surface area contributed by atoms with Gasteiger partial charge in [0.05, 0.1) is 26.4 Å². The summed E-state index contributed by atoms with van der Waals surface area (Å²) in [4.78, 5) is 72.7. The van der Waals surface area contributed by atoms with Crippen molar-refractivity contribution in [1.29, 1.82) is 0 Å². The van der Waals surface area contributed by atoms with Crippen LogP contribution in [-0.4, -0.2) is 96.7 Å². The number of unbranched alkanes of at least 4 members (excludes halogenated alkanes) is 46. The van der Waals surface area contributed by atoms with Crippen LogP contribution in [0, 0.1) is 11.8 Å². The maximum Gasteiger partial charge on any atom is 0.472 e. The molecule has 0 aromatic heterocycles. The molecule has 17 nitrogen and oxygen atoms in total. The fourth-order valence-electron chi connectivity index (χ4n) is 11.8. The molecule has 5 atom stereocenters. The van der Waals surface area contributed by atoms with E-state index in [4.69, 9.17) is 37.0 Å². The zero-order valence-corrected chi connectivity index (χ0v) is 64.5. The van der Waals surface area contributed by atoms with Gasteiger partial charge >= 0.3 is 39.5 Å². The third-order valence-corrected chi connectivity index (χ3v) is 19.9. The maximum atomic E-state index is 13.1. The Morgan fingerprint density at radius 1 is 0.281 bits per heavy atom. The Morgan fingerprint density at radius 2 is 0.479 bits per heavy atom. The Morgan fingerprint density at radius 3 is 0.708 bits per heavy atom. The summed E-state index contributed by atoms with van der Waals surface area (Å²) in [6.45, 7) is 9.58. The minimum Gasteiger partial charge on any atom is -0.462 e. The van der Waals surface area contributed by atoms with E-state index in [-0.39, 0.29) is 25.7 Å². The molecule has 0 aromatic carbocycles. The Kier molecular flexibility index (Phi) is 67.4. The molecule has 0 saturated carbocycles. The summed E-state index contributed by atoms with van der Waals surface area (Å²) in [6.07, 6.45) is 57.1. The highest BCUT2D eigenvalue weighted by atomic mass is 31.2. The SMILES string of the molecule is CCCCCCCCCCCCCCCCCCCCCC(=O)O[C@H](COC(=O)CCCCCCCCCCCCCCCCC(C)C)COP(=O)(O)OC[C@@H](O)COP(=O)(O)OC[C@@H](COC(=O)CCCCCCCCC)OC(=O)CCCCCCCCCCCCC(C)C. The Bertz CT molecular complexity index is 1860. The van der Waals surface area contributed by atoms with Gasteiger partial charge in [-0.15, -0.1) is 0 Å². The van der Waals surface area contributed by atoms with E-state index in [9.17, 15) is 43.2 Å². The first kappa shape index (κ1) is 94.1. The van der Waals surface area contributed by atoms with Crippen molar-refractivity contribution in [3.05, 3.63) is 0 Å². The number of hydrogen-bond acceptors (Lipinski definition) is 15. The standard InChI is InChI=1S/C77H150O17P2/c1-7-9-11-13-15-16-17-18-19-20-21-22-23-28-31-37-43-49-55-61-76(81)94-73(66-88-75(80)60-54-48-42-36-30-27-25-24-26-29-34-40-45-51-57-69(3)4)68-92-96(85,86)90-64-71(78)63-89-95(83,84)91-67-72(65-87-74(79)59-53-47-39-14-12-10-8-2)93-77(82)62-56-50-44-38-33-32-35-41-46-52-58-70(5)6/h69-73,78H,7-68H2,1-6H3,(H,83,84)(H,85,86)/t71-,72+,73+/m0/s1. The molecular weight excluding hydrogens is 1260 g/mol. The molecule has 0 fully saturated rings. The number of phosphoric ester groups is 2. The van der Waals surface area contributed by atoms with E-state index in [1.165, 1.54) is 205 Å². The van der Waals surface area contributed by atoms with Crippen molar-refractivity contribution in [3.63, 3.8) is 0 Å². The summed E-state index contributed by atoms with van der Waals surface area (Å²) < 4.78 is 68.5. The predicted octanol–water partition coefficient (Wildman–Crippen LogP) is 22.7. The first-order valence-electron chi connectivity index (χ1n) is 40.0. The van der Waals surface area contributed by atoms with E-state index in [0.717, 1.165) is 115 Å². The van der Waals surface area contributed by atoms with Gasteiger partial charge in [0.15, 0.2) is 12.2 Å². The van der Waals surface area contributed by atoms with Gasteiger partial charge in [0, 0.05) is 25.7 Å². The van der Waals surface area contributed by atoms with Crippen molar-refractivity contribution in [2.24, 2.45) is 11.8 Å². The highest BCUT2D eigenvalue weighted by Crippen LogP contribution is 2.45. The van der Waals surface area contributed by atoms with E-state index in [2.05, 4.69) is 41.5 Å². The topological polar surface area (TPSA) is 237 Å². The summed E-state index contributed by atoms with van der Waals surface area (Å²) in [7, 11) is -9.91. The predicted molar refractivity (Wildman–Crippen MR) is 391 cm³/mol. The zero-order valence-electron chi connectivity index (χ0n) is 62.7. The third-order valence-electron chi connectivity index (χ3n) is 18.0. The fraction of sp³-hybridized carbons (Fsp3) is 0.948. The lowest BCUT2D eigenvalue weighted by atomic mass is 10.0. The highest BCUT2D eigenvalue weighted by molar-refractivity contribution is 7.47. The van der Waals surface area contributed by atoms with Crippen LogP contribution in [0.4, 0.5) is 0 Å². The van der Waals surface area contributed by atoms with Crippen molar-refractivity contribution >= 4 is 39.5 Å². The molecule has 0 amide bonds. The summed E-state index contributed by atoms with van der Waals surface area (Å²) in [6, 6.07) is 0. The largest absolute Gasteiger partial charge is 0.472 e. The molecule has 0 aliphatic carbocycles. The summed E-state index contributed by atoms with van der Waals surface area (Å²) in [5, 5.41) is 10.6. The minimum atomic E-state index is -4.96. The van der Waals surface area contributed by atoms with Crippen LogP contribution in [-0.2, 0) is 65.4 Å². The molecule has 0 saturated heterocycles. The lowest BCUT2D eigenvalue weighted by Crippen LogP contribution is -2.30. The highest BCUT2D eigenvalue weighted by Gasteiger charge is 2.30. The van der Waals surface area contributed by atoms with Crippen molar-refractivity contribution in [2.45, 2.75) is 419 Å². The molecule has 570 valence electrons. The van der Waals surface area contributed by atoms with Crippen molar-refractivity contribution < 1.29 is 80.2 Å². The first-order chi connectivity index (χ1) is 46.4. The van der Waals surface area contributed by atoms with Crippen LogP contribution in [0.15, 0.2) is 0 Å². The van der Waals surface area contributed by atoms with Crippen LogP contribution in [0.2, 0.25) is 0 Å². The Labute approximate surface area is 588 Å². The number of aliphatic hydroxyl groups is 1. The van der Waals surface area contributed by atoms with Crippen molar-refractivity contribution in [2.75, 3.05) is 39.6 Å². The van der Waals surface area contributed by atoms with Crippen molar-refractivity contribution in [3.8, 4) is 0 Å². The number of hydrogen-bond donors (Lipinski definition) is 3. The lowest BCUT2D eigenvalue weighted by Gasteiger charge is -2.21. The van der Waals surface area contributed by atoms with Gasteiger partial charge < -0.3 is 33.8 Å². The number of phosphoric acid groups is 2. The number of rotatable bonds is 76. The van der Waals surface area contributed by atoms with Gasteiger partial charge in [0.2, 0.25) is 0 Å². The molecule has 0 radical (unpaired) electrons. The number of ether oxygens (including phenoxy) is 4. The second-order valence-electron chi connectivity index (χ2n) is 28.7. The molecule has 3 N–H and O–H groups in total. The number of carbonyl (C=O) groups is 4. The van der Waals surface area contributed by atoms with E-state index >= 15 is 0 Å². The lowest BCUT2D eigenvalue weighted by molar-refractivity contribution is -0.161. The van der Waals surface area contributed by atoms with E-state index < -0.39 is 97.5 Å². The van der Waals surface area contributed by atoms with Crippen LogP contribution >= 0.6 is 15.6 Å².